The van der Waals surface area contributed by atoms with E-state index in [2.05, 4.69) is 89.6 Å². The zero-order chi connectivity index (χ0) is 25.8. The highest BCUT2D eigenvalue weighted by Gasteiger charge is 2.42. The van der Waals surface area contributed by atoms with E-state index < -0.39 is 0 Å². The highest BCUT2D eigenvalue weighted by Crippen LogP contribution is 2.54. The van der Waals surface area contributed by atoms with Gasteiger partial charge in [0.2, 0.25) is 0 Å². The van der Waals surface area contributed by atoms with Gasteiger partial charge in [-0.3, -0.25) is 0 Å². The molecule has 0 aliphatic heterocycles. The molecule has 0 saturated carbocycles. The summed E-state index contributed by atoms with van der Waals surface area (Å²) in [5.41, 5.74) is 13.0. The van der Waals surface area contributed by atoms with Crippen molar-refractivity contribution in [2.24, 2.45) is 23.7 Å². The fraction of sp³-hybridized carbons (Fsp3) is 0.421. The van der Waals surface area contributed by atoms with E-state index in [0.717, 1.165) is 6.42 Å². The Morgan fingerprint density at radius 2 is 1.36 bits per heavy atom. The molecule has 198 valence electrons. The molecule has 5 unspecified atom stereocenters. The molecule has 7 aliphatic carbocycles. The van der Waals surface area contributed by atoms with Crippen LogP contribution in [-0.2, 0) is 12.8 Å². The Labute approximate surface area is 234 Å². The lowest BCUT2D eigenvalue weighted by Crippen LogP contribution is -2.34. The van der Waals surface area contributed by atoms with Crippen molar-refractivity contribution in [3.05, 3.63) is 118 Å². The van der Waals surface area contributed by atoms with Gasteiger partial charge in [-0.15, -0.1) is 0 Å². The molecule has 39 heavy (non-hydrogen) atoms. The lowest BCUT2D eigenvalue weighted by molar-refractivity contribution is 0.281. The summed E-state index contributed by atoms with van der Waals surface area (Å²) in [5, 5.41) is 0. The topological polar surface area (TPSA) is 4.93 Å². The zero-order valence-corrected chi connectivity index (χ0v) is 23.2. The second-order valence-electron chi connectivity index (χ2n) is 12.7. The number of nitrogens with zero attached hydrogens (tertiary/aromatic N) is 1. The summed E-state index contributed by atoms with van der Waals surface area (Å²) in [6.45, 7) is 0. The van der Waals surface area contributed by atoms with Crippen LogP contribution in [0.1, 0.15) is 86.3 Å². The summed E-state index contributed by atoms with van der Waals surface area (Å²) in [6.07, 6.45) is 47.7. The molecule has 7 aliphatic rings. The Hall–Kier alpha value is -3.06. The quantitative estimate of drug-likeness (QED) is 0.356. The lowest BCUT2D eigenvalue weighted by Gasteiger charge is -2.45. The van der Waals surface area contributed by atoms with Gasteiger partial charge in [0.05, 0.1) is 6.04 Å². The number of rotatable bonds is 3. The Morgan fingerprint density at radius 1 is 0.615 bits per heavy atom. The van der Waals surface area contributed by atoms with Crippen molar-refractivity contribution in [1.82, 2.24) is 4.57 Å². The first kappa shape index (κ1) is 23.8. The predicted molar refractivity (Wildman–Crippen MR) is 164 cm³/mol. The normalized spacial score (nSPS) is 32.4. The van der Waals surface area contributed by atoms with E-state index in [1.54, 1.807) is 33.7 Å². The Balaban J connectivity index is 1.16. The molecule has 8 rings (SSSR count). The third-order valence-electron chi connectivity index (χ3n) is 10.7. The average molecular weight is 512 g/mol. The molecule has 1 aromatic heterocycles. The monoisotopic (exact) mass is 511 g/mol. The van der Waals surface area contributed by atoms with Gasteiger partial charge < -0.3 is 4.57 Å². The third kappa shape index (κ3) is 3.87. The molecule has 0 amide bonds. The molecule has 1 aromatic rings. The molecule has 0 bridgehead atoms. The van der Waals surface area contributed by atoms with Crippen LogP contribution in [0.25, 0.3) is 12.2 Å². The van der Waals surface area contributed by atoms with Gasteiger partial charge in [-0.05, 0) is 111 Å². The van der Waals surface area contributed by atoms with Gasteiger partial charge >= 0.3 is 0 Å². The van der Waals surface area contributed by atoms with Gasteiger partial charge in [-0.2, -0.15) is 0 Å². The molecule has 0 saturated heterocycles. The maximum atomic E-state index is 2.78. The molecule has 0 N–H and O–H groups in total. The first-order chi connectivity index (χ1) is 19.4. The molecule has 1 nitrogen and oxygen atoms in total. The van der Waals surface area contributed by atoms with E-state index in [1.807, 2.05) is 0 Å². The van der Waals surface area contributed by atoms with Gasteiger partial charge in [0.25, 0.3) is 0 Å². The van der Waals surface area contributed by atoms with Crippen LogP contribution >= 0.6 is 0 Å². The lowest BCUT2D eigenvalue weighted by atomic mass is 9.59. The maximum Gasteiger partial charge on any atom is 0.0516 e. The number of fused-ring (bicyclic) bond motifs is 4. The van der Waals surface area contributed by atoms with Crippen molar-refractivity contribution < 1.29 is 0 Å². The van der Waals surface area contributed by atoms with Crippen LogP contribution < -0.4 is 0 Å². The Kier molecular flexibility index (Phi) is 6.01. The van der Waals surface area contributed by atoms with E-state index in [4.69, 9.17) is 0 Å². The van der Waals surface area contributed by atoms with Crippen molar-refractivity contribution in [1.29, 1.82) is 0 Å². The van der Waals surface area contributed by atoms with E-state index in [-0.39, 0.29) is 0 Å². The van der Waals surface area contributed by atoms with Crippen LogP contribution in [0.4, 0.5) is 0 Å². The van der Waals surface area contributed by atoms with Crippen molar-refractivity contribution in [3.63, 3.8) is 0 Å². The van der Waals surface area contributed by atoms with Crippen molar-refractivity contribution in [2.75, 3.05) is 0 Å². The van der Waals surface area contributed by atoms with Gasteiger partial charge in [0, 0.05) is 28.4 Å². The summed E-state index contributed by atoms with van der Waals surface area (Å²) in [6, 6.07) is 0.520. The van der Waals surface area contributed by atoms with E-state index >= 15 is 0 Å². The van der Waals surface area contributed by atoms with Crippen LogP contribution in [0.3, 0.4) is 0 Å². The number of hydrogen-bond acceptors (Lipinski definition) is 0. The number of aromatic nitrogens is 1. The van der Waals surface area contributed by atoms with Crippen molar-refractivity contribution >= 4 is 12.2 Å². The largest absolute Gasteiger partial charge is 0.341 e. The van der Waals surface area contributed by atoms with Crippen LogP contribution in [0.15, 0.2) is 95.2 Å². The molecule has 0 radical (unpaired) electrons. The van der Waals surface area contributed by atoms with Crippen molar-refractivity contribution in [2.45, 2.75) is 76.7 Å². The molecule has 0 spiro atoms. The molecule has 5 atom stereocenters. The molecular weight excluding hydrogens is 470 g/mol. The van der Waals surface area contributed by atoms with E-state index in [9.17, 15) is 0 Å². The Morgan fingerprint density at radius 3 is 2.10 bits per heavy atom. The summed E-state index contributed by atoms with van der Waals surface area (Å²) in [5.74, 6) is 2.50. The molecule has 1 heteroatoms. The molecule has 0 aromatic carbocycles. The fourth-order valence-electron chi connectivity index (χ4n) is 9.07. The van der Waals surface area contributed by atoms with Gasteiger partial charge in [-0.25, -0.2) is 0 Å². The zero-order valence-electron chi connectivity index (χ0n) is 23.2. The molecular formula is C38H41N. The average Bonchev–Trinajstić information content (AvgIpc) is 3.35. The number of hydrogen-bond donors (Lipinski definition) is 0. The molecule has 0 fully saturated rings. The molecule has 1 heterocycles. The first-order valence-corrected chi connectivity index (χ1v) is 15.8. The van der Waals surface area contributed by atoms with E-state index in [0.29, 0.717) is 29.7 Å². The van der Waals surface area contributed by atoms with E-state index in [1.165, 1.54) is 75.3 Å². The predicted octanol–water partition coefficient (Wildman–Crippen LogP) is 9.59. The first-order valence-electron chi connectivity index (χ1n) is 15.8. The van der Waals surface area contributed by atoms with Gasteiger partial charge in [0.1, 0.15) is 0 Å². The second kappa shape index (κ2) is 9.84. The van der Waals surface area contributed by atoms with Gasteiger partial charge in [0.15, 0.2) is 0 Å². The van der Waals surface area contributed by atoms with Crippen LogP contribution in [0.2, 0.25) is 0 Å². The highest BCUT2D eigenvalue weighted by atomic mass is 15.0. The SMILES string of the molecule is C1=CCC(C2=C3C=CCCC3C(C3C=CC(n4c5c(c6c4CCC=C6)C=CCC5)CC3)C3=C2CCC=C3)C=C1. The third-order valence-corrected chi connectivity index (χ3v) is 10.7. The number of allylic oxidation sites excluding steroid dienone is 16. The van der Waals surface area contributed by atoms with Crippen LogP contribution in [0, 0.1) is 23.7 Å². The van der Waals surface area contributed by atoms with Crippen molar-refractivity contribution in [3.8, 4) is 0 Å². The van der Waals surface area contributed by atoms with Crippen LogP contribution in [0.5, 0.6) is 0 Å². The summed E-state index contributed by atoms with van der Waals surface area (Å²) in [7, 11) is 0. The summed E-state index contributed by atoms with van der Waals surface area (Å²) in [4.78, 5) is 0. The smallest absolute Gasteiger partial charge is 0.0516 e. The minimum Gasteiger partial charge on any atom is -0.341 e. The minimum atomic E-state index is 0.520. The van der Waals surface area contributed by atoms with Crippen LogP contribution in [-0.4, -0.2) is 4.57 Å². The maximum absolute atomic E-state index is 2.78. The minimum absolute atomic E-state index is 0.520. The Bertz CT molecular complexity index is 1410. The standard InChI is InChI=1S/C38H41N/c1-2-12-26(13-3-1)37-31-16-4-6-18-33(31)38(34-19-7-5-17-32(34)37)27-22-24-28(25-23-27)39-35-20-10-8-14-29(35)30-15-9-11-21-36(30)39/h1-4,7-9,12,14-16,19,22,24,26-28,33,38H,5-6,10-11,13,17-18,20-21,23,25H2. The highest BCUT2D eigenvalue weighted by molar-refractivity contribution is 5.72. The fourth-order valence-corrected chi connectivity index (χ4v) is 9.07. The van der Waals surface area contributed by atoms with Gasteiger partial charge in [-0.1, -0.05) is 85.1 Å². The summed E-state index contributed by atoms with van der Waals surface area (Å²) < 4.78 is 2.78. The second-order valence-corrected chi connectivity index (χ2v) is 12.7. The summed E-state index contributed by atoms with van der Waals surface area (Å²) >= 11 is 0.